The number of carbonyl (C=O) groups is 1. The van der Waals surface area contributed by atoms with E-state index in [2.05, 4.69) is 13.0 Å². The van der Waals surface area contributed by atoms with Crippen molar-refractivity contribution in [2.45, 2.75) is 57.8 Å². The lowest BCUT2D eigenvalue weighted by atomic mass is 9.95. The highest BCUT2D eigenvalue weighted by molar-refractivity contribution is 5.69. The molecule has 4 heteroatoms. The Balaban J connectivity index is 1.74. The van der Waals surface area contributed by atoms with Gasteiger partial charge in [0.2, 0.25) is 0 Å². The third kappa shape index (κ3) is 2.71. The predicted molar refractivity (Wildman–Crippen MR) is 80.5 cm³/mol. The van der Waals surface area contributed by atoms with Crippen LogP contribution in [0.2, 0.25) is 0 Å². The Morgan fingerprint density at radius 3 is 2.76 bits per heavy atom. The van der Waals surface area contributed by atoms with Crippen LogP contribution in [0.4, 0.5) is 4.79 Å². The Morgan fingerprint density at radius 2 is 2.10 bits per heavy atom. The minimum Gasteiger partial charge on any atom is -0.485 e. The second-order valence-corrected chi connectivity index (χ2v) is 7.23. The number of carbonyl (C=O) groups excluding carboxylic acids is 1. The second-order valence-electron chi connectivity index (χ2n) is 7.23. The quantitative estimate of drug-likeness (QED) is 0.735. The number of hydrogen-bond acceptors (Lipinski definition) is 3. The SMILES string of the molecule is CC1CC2(Cc3ccccc3O2)CN1C(=O)OC(C)(C)C. The van der Waals surface area contributed by atoms with E-state index in [0.717, 1.165) is 18.6 Å². The van der Waals surface area contributed by atoms with Crippen molar-refractivity contribution in [3.8, 4) is 5.75 Å². The smallest absolute Gasteiger partial charge is 0.410 e. The molecule has 0 radical (unpaired) electrons. The van der Waals surface area contributed by atoms with Crippen LogP contribution in [0, 0.1) is 0 Å². The summed E-state index contributed by atoms with van der Waals surface area (Å²) in [4.78, 5) is 14.1. The van der Waals surface area contributed by atoms with Gasteiger partial charge in [0.15, 0.2) is 0 Å². The van der Waals surface area contributed by atoms with Crippen LogP contribution in [0.5, 0.6) is 5.75 Å². The number of amides is 1. The van der Waals surface area contributed by atoms with Crippen LogP contribution < -0.4 is 4.74 Å². The van der Waals surface area contributed by atoms with Crippen molar-refractivity contribution in [2.24, 2.45) is 0 Å². The number of rotatable bonds is 0. The zero-order chi connectivity index (χ0) is 15.3. The average molecular weight is 289 g/mol. The maximum Gasteiger partial charge on any atom is 0.410 e. The average Bonchev–Trinajstić information content (AvgIpc) is 2.86. The Morgan fingerprint density at radius 1 is 1.38 bits per heavy atom. The highest BCUT2D eigenvalue weighted by Gasteiger charge is 2.50. The number of ether oxygens (including phenoxy) is 2. The van der Waals surface area contributed by atoms with Crippen molar-refractivity contribution in [1.29, 1.82) is 0 Å². The molecule has 1 amide bonds. The highest BCUT2D eigenvalue weighted by Crippen LogP contribution is 2.42. The van der Waals surface area contributed by atoms with Crippen LogP contribution >= 0.6 is 0 Å². The summed E-state index contributed by atoms with van der Waals surface area (Å²) in [5, 5.41) is 0. The molecule has 114 valence electrons. The molecule has 3 rings (SSSR count). The molecule has 21 heavy (non-hydrogen) atoms. The Labute approximate surface area is 126 Å². The molecule has 4 nitrogen and oxygen atoms in total. The van der Waals surface area contributed by atoms with Gasteiger partial charge in [-0.1, -0.05) is 18.2 Å². The van der Waals surface area contributed by atoms with Crippen LogP contribution in [0.3, 0.4) is 0 Å². The van der Waals surface area contributed by atoms with Crippen molar-refractivity contribution in [3.05, 3.63) is 29.8 Å². The lowest BCUT2D eigenvalue weighted by Gasteiger charge is -2.27. The monoisotopic (exact) mass is 289 g/mol. The first kappa shape index (κ1) is 14.2. The summed E-state index contributed by atoms with van der Waals surface area (Å²) >= 11 is 0. The first-order valence-corrected chi connectivity index (χ1v) is 7.55. The van der Waals surface area contributed by atoms with E-state index in [1.807, 2.05) is 39.0 Å². The molecular formula is C17H23NO3. The van der Waals surface area contributed by atoms with Crippen molar-refractivity contribution in [3.63, 3.8) is 0 Å². The lowest BCUT2D eigenvalue weighted by Crippen LogP contribution is -2.42. The molecule has 0 bridgehead atoms. The molecule has 2 heterocycles. The Kier molecular flexibility index (Phi) is 3.15. The van der Waals surface area contributed by atoms with E-state index in [9.17, 15) is 4.79 Å². The number of likely N-dealkylation sites (tertiary alicyclic amines) is 1. The van der Waals surface area contributed by atoms with Crippen molar-refractivity contribution in [2.75, 3.05) is 6.54 Å². The summed E-state index contributed by atoms with van der Waals surface area (Å²) in [5.74, 6) is 0.954. The highest BCUT2D eigenvalue weighted by atomic mass is 16.6. The molecule has 2 aliphatic rings. The van der Waals surface area contributed by atoms with Gasteiger partial charge < -0.3 is 14.4 Å². The number of para-hydroxylation sites is 1. The normalized spacial score (nSPS) is 27.6. The van der Waals surface area contributed by atoms with Gasteiger partial charge in [0.1, 0.15) is 17.0 Å². The molecule has 0 N–H and O–H groups in total. The largest absolute Gasteiger partial charge is 0.485 e. The molecule has 2 atom stereocenters. The van der Waals surface area contributed by atoms with Gasteiger partial charge in [0.25, 0.3) is 0 Å². The first-order chi connectivity index (χ1) is 9.78. The zero-order valence-electron chi connectivity index (χ0n) is 13.2. The molecule has 2 aliphatic heterocycles. The first-order valence-electron chi connectivity index (χ1n) is 7.55. The van der Waals surface area contributed by atoms with Gasteiger partial charge in [0.05, 0.1) is 6.54 Å². The molecule has 1 saturated heterocycles. The van der Waals surface area contributed by atoms with Gasteiger partial charge in [-0.2, -0.15) is 0 Å². The molecule has 1 aromatic carbocycles. The number of hydrogen-bond donors (Lipinski definition) is 0. The zero-order valence-corrected chi connectivity index (χ0v) is 13.2. The van der Waals surface area contributed by atoms with Crippen molar-refractivity contribution < 1.29 is 14.3 Å². The van der Waals surface area contributed by atoms with E-state index >= 15 is 0 Å². The third-order valence-electron chi connectivity index (χ3n) is 4.10. The second kappa shape index (κ2) is 4.65. The Bertz CT molecular complexity index is 536. The van der Waals surface area contributed by atoms with E-state index < -0.39 is 5.60 Å². The molecular weight excluding hydrogens is 266 g/mol. The van der Waals surface area contributed by atoms with Gasteiger partial charge >= 0.3 is 6.09 Å². The summed E-state index contributed by atoms with van der Waals surface area (Å²) in [5.41, 5.74) is 0.488. The lowest BCUT2D eigenvalue weighted by molar-refractivity contribution is 0.0191. The van der Waals surface area contributed by atoms with Gasteiger partial charge in [-0.3, -0.25) is 0 Å². The van der Waals surface area contributed by atoms with Crippen LogP contribution in [-0.2, 0) is 11.2 Å². The van der Waals surface area contributed by atoms with E-state index in [1.165, 1.54) is 5.56 Å². The minimum atomic E-state index is -0.466. The molecule has 0 aromatic heterocycles. The summed E-state index contributed by atoms with van der Waals surface area (Å²) in [6.45, 7) is 8.33. The molecule has 0 saturated carbocycles. The Hall–Kier alpha value is -1.71. The van der Waals surface area contributed by atoms with Crippen molar-refractivity contribution in [1.82, 2.24) is 4.90 Å². The van der Waals surface area contributed by atoms with E-state index in [0.29, 0.717) is 6.54 Å². The third-order valence-corrected chi connectivity index (χ3v) is 4.10. The molecule has 1 spiro atoms. The van der Waals surface area contributed by atoms with Crippen LogP contribution in [-0.4, -0.2) is 34.8 Å². The van der Waals surface area contributed by atoms with E-state index in [-0.39, 0.29) is 17.7 Å². The summed E-state index contributed by atoms with van der Waals surface area (Å²) < 4.78 is 11.7. The molecule has 1 fully saturated rings. The summed E-state index contributed by atoms with van der Waals surface area (Å²) in [6, 6.07) is 8.26. The van der Waals surface area contributed by atoms with Gasteiger partial charge in [0, 0.05) is 18.9 Å². The fourth-order valence-electron chi connectivity index (χ4n) is 3.31. The van der Waals surface area contributed by atoms with Crippen LogP contribution in [0.1, 0.15) is 39.7 Å². The van der Waals surface area contributed by atoms with Gasteiger partial charge in [-0.25, -0.2) is 4.79 Å². The standard InChI is InChI=1S/C17H23NO3/c1-12-9-17(10-13-7-5-6-8-14(13)20-17)11-18(12)15(19)21-16(2,3)4/h5-8,12H,9-11H2,1-4H3. The topological polar surface area (TPSA) is 38.8 Å². The van der Waals surface area contributed by atoms with Crippen LogP contribution in [0.25, 0.3) is 0 Å². The molecule has 1 aromatic rings. The molecule has 2 unspecified atom stereocenters. The van der Waals surface area contributed by atoms with Gasteiger partial charge in [-0.15, -0.1) is 0 Å². The van der Waals surface area contributed by atoms with E-state index in [1.54, 1.807) is 4.90 Å². The van der Waals surface area contributed by atoms with E-state index in [4.69, 9.17) is 9.47 Å². The predicted octanol–water partition coefficient (Wildman–Crippen LogP) is 3.39. The number of fused-ring (bicyclic) bond motifs is 1. The minimum absolute atomic E-state index is 0.133. The van der Waals surface area contributed by atoms with Crippen LogP contribution in [0.15, 0.2) is 24.3 Å². The number of benzene rings is 1. The van der Waals surface area contributed by atoms with Crippen molar-refractivity contribution >= 4 is 6.09 Å². The number of nitrogens with zero attached hydrogens (tertiary/aromatic N) is 1. The molecule has 0 aliphatic carbocycles. The summed E-state index contributed by atoms with van der Waals surface area (Å²) in [7, 11) is 0. The fraction of sp³-hybridized carbons (Fsp3) is 0.588. The maximum atomic E-state index is 12.3. The van der Waals surface area contributed by atoms with Gasteiger partial charge in [-0.05, 0) is 39.3 Å². The fourth-order valence-corrected chi connectivity index (χ4v) is 3.31. The summed E-state index contributed by atoms with van der Waals surface area (Å²) in [6.07, 6.45) is 1.47. The maximum absolute atomic E-state index is 12.3.